The predicted molar refractivity (Wildman–Crippen MR) is 94.1 cm³/mol. The van der Waals surface area contributed by atoms with Crippen LogP contribution in [0.25, 0.3) is 0 Å². The molecule has 3 unspecified atom stereocenters. The zero-order valence-electron chi connectivity index (χ0n) is 14.3. The van der Waals surface area contributed by atoms with Gasteiger partial charge >= 0.3 is 0 Å². The molecule has 5 nitrogen and oxygen atoms in total. The van der Waals surface area contributed by atoms with Gasteiger partial charge in [-0.3, -0.25) is 9.69 Å². The van der Waals surface area contributed by atoms with E-state index < -0.39 is 0 Å². The number of benzene rings is 1. The molecule has 2 heterocycles. The lowest BCUT2D eigenvalue weighted by Crippen LogP contribution is -2.43. The van der Waals surface area contributed by atoms with Gasteiger partial charge in [0.05, 0.1) is 25.5 Å². The third kappa shape index (κ3) is 3.94. The number of nitrogens with one attached hydrogen (secondary N) is 1. The Morgan fingerprint density at radius 3 is 2.68 bits per heavy atom. The molecule has 1 aliphatic heterocycles. The van der Waals surface area contributed by atoms with Crippen LogP contribution in [0.3, 0.4) is 0 Å². The predicted octanol–water partition coefficient (Wildman–Crippen LogP) is 2.57. The van der Waals surface area contributed by atoms with Crippen molar-refractivity contribution >= 4 is 5.91 Å². The smallest absolute Gasteiger partial charge is 0.224 e. The fourth-order valence-corrected chi connectivity index (χ4v) is 3.54. The lowest BCUT2D eigenvalue weighted by Gasteiger charge is -2.31. The van der Waals surface area contributed by atoms with Crippen LogP contribution in [-0.4, -0.2) is 43.7 Å². The maximum Gasteiger partial charge on any atom is 0.224 e. The van der Waals surface area contributed by atoms with E-state index in [-0.39, 0.29) is 23.8 Å². The van der Waals surface area contributed by atoms with Crippen LogP contribution in [0.1, 0.15) is 29.7 Å². The summed E-state index contributed by atoms with van der Waals surface area (Å²) in [5.74, 6) is 1.31. The second-order valence-corrected chi connectivity index (χ2v) is 6.85. The van der Waals surface area contributed by atoms with Gasteiger partial charge in [0.25, 0.3) is 0 Å². The van der Waals surface area contributed by atoms with Gasteiger partial charge in [-0.25, -0.2) is 0 Å². The van der Waals surface area contributed by atoms with E-state index in [2.05, 4.69) is 22.3 Å². The highest BCUT2D eigenvalue weighted by molar-refractivity contribution is 5.83. The van der Waals surface area contributed by atoms with Gasteiger partial charge in [-0.15, -0.1) is 0 Å². The van der Waals surface area contributed by atoms with Gasteiger partial charge in [-0.1, -0.05) is 30.3 Å². The van der Waals surface area contributed by atoms with Gasteiger partial charge in [0, 0.05) is 31.5 Å². The average Bonchev–Trinajstić information content (AvgIpc) is 3.28. The van der Waals surface area contributed by atoms with Crippen molar-refractivity contribution in [3.05, 3.63) is 60.1 Å². The molecule has 4 rings (SSSR count). The van der Waals surface area contributed by atoms with E-state index in [4.69, 9.17) is 9.15 Å². The van der Waals surface area contributed by atoms with Crippen molar-refractivity contribution in [1.29, 1.82) is 0 Å². The number of morpholine rings is 1. The van der Waals surface area contributed by atoms with Gasteiger partial charge in [0.15, 0.2) is 0 Å². The van der Waals surface area contributed by atoms with E-state index in [1.54, 1.807) is 6.26 Å². The van der Waals surface area contributed by atoms with Crippen LogP contribution in [0, 0.1) is 5.92 Å². The molecule has 0 spiro atoms. The third-order valence-electron chi connectivity index (χ3n) is 5.10. The van der Waals surface area contributed by atoms with Crippen molar-refractivity contribution in [3.63, 3.8) is 0 Å². The second kappa shape index (κ2) is 7.42. The van der Waals surface area contributed by atoms with Crippen LogP contribution in [0.5, 0.6) is 0 Å². The molecule has 2 fully saturated rings. The average molecular weight is 340 g/mol. The minimum absolute atomic E-state index is 0.00431. The molecule has 3 atom stereocenters. The summed E-state index contributed by atoms with van der Waals surface area (Å²) in [5, 5.41) is 3.27. The highest BCUT2D eigenvalue weighted by Crippen LogP contribution is 2.47. The lowest BCUT2D eigenvalue weighted by molar-refractivity contribution is -0.123. The first-order valence-corrected chi connectivity index (χ1v) is 9.00. The summed E-state index contributed by atoms with van der Waals surface area (Å²) in [7, 11) is 0. The van der Waals surface area contributed by atoms with Gasteiger partial charge in [-0.2, -0.15) is 0 Å². The standard InChI is InChI=1S/C20H24N2O3/c23-20(17-13-16(17)19-7-4-10-25-19)21-18(15-5-2-1-3-6-15)14-22-8-11-24-12-9-22/h1-7,10,16-18H,8-9,11-14H2,(H,21,23). The Balaban J connectivity index is 1.42. The Bertz CT molecular complexity index is 680. The number of furan rings is 1. The van der Waals surface area contributed by atoms with Crippen molar-refractivity contribution in [2.75, 3.05) is 32.8 Å². The summed E-state index contributed by atoms with van der Waals surface area (Å²) in [6, 6.07) is 14.1. The molecule has 132 valence electrons. The summed E-state index contributed by atoms with van der Waals surface area (Å²) >= 11 is 0. The Kier molecular flexibility index (Phi) is 4.85. The van der Waals surface area contributed by atoms with Crippen molar-refractivity contribution in [1.82, 2.24) is 10.2 Å². The maximum absolute atomic E-state index is 12.7. The summed E-state index contributed by atoms with van der Waals surface area (Å²) in [6.07, 6.45) is 2.55. The van der Waals surface area contributed by atoms with Gasteiger partial charge in [-0.05, 0) is 24.1 Å². The summed E-state index contributed by atoms with van der Waals surface area (Å²) < 4.78 is 10.9. The first-order valence-electron chi connectivity index (χ1n) is 9.00. The van der Waals surface area contributed by atoms with E-state index in [0.29, 0.717) is 0 Å². The van der Waals surface area contributed by atoms with E-state index in [9.17, 15) is 4.79 Å². The maximum atomic E-state index is 12.7. The Labute approximate surface area is 148 Å². The Hall–Kier alpha value is -2.11. The normalized spacial score (nSPS) is 24.6. The zero-order valence-corrected chi connectivity index (χ0v) is 14.3. The molecule has 1 aromatic heterocycles. The second-order valence-electron chi connectivity index (χ2n) is 6.85. The fraction of sp³-hybridized carbons (Fsp3) is 0.450. The van der Waals surface area contributed by atoms with Crippen LogP contribution in [0.4, 0.5) is 0 Å². The minimum Gasteiger partial charge on any atom is -0.469 e. The van der Waals surface area contributed by atoms with Crippen molar-refractivity contribution in [2.45, 2.75) is 18.4 Å². The summed E-state index contributed by atoms with van der Waals surface area (Å²) in [6.45, 7) is 4.17. The number of rotatable bonds is 6. The number of amides is 1. The molecule has 1 aliphatic carbocycles. The summed E-state index contributed by atoms with van der Waals surface area (Å²) in [4.78, 5) is 15.1. The first-order chi connectivity index (χ1) is 12.3. The van der Waals surface area contributed by atoms with E-state index in [1.165, 1.54) is 0 Å². The van der Waals surface area contributed by atoms with E-state index in [1.807, 2.05) is 30.3 Å². The molecule has 1 saturated carbocycles. The van der Waals surface area contributed by atoms with Gasteiger partial charge in [0.2, 0.25) is 5.91 Å². The molecule has 25 heavy (non-hydrogen) atoms. The molecular formula is C20H24N2O3. The van der Waals surface area contributed by atoms with Crippen LogP contribution >= 0.6 is 0 Å². The lowest BCUT2D eigenvalue weighted by atomic mass is 10.1. The molecular weight excluding hydrogens is 316 g/mol. The number of nitrogens with zero attached hydrogens (tertiary/aromatic N) is 1. The minimum atomic E-state index is 0.00431. The molecule has 1 aromatic carbocycles. The highest BCUT2D eigenvalue weighted by atomic mass is 16.5. The molecule has 1 saturated heterocycles. The molecule has 5 heteroatoms. The number of carbonyl (C=O) groups is 1. The van der Waals surface area contributed by atoms with E-state index >= 15 is 0 Å². The topological polar surface area (TPSA) is 54.7 Å². The molecule has 2 aromatic rings. The largest absolute Gasteiger partial charge is 0.469 e. The third-order valence-corrected chi connectivity index (χ3v) is 5.10. The Morgan fingerprint density at radius 2 is 1.96 bits per heavy atom. The van der Waals surface area contributed by atoms with Gasteiger partial charge in [0.1, 0.15) is 5.76 Å². The van der Waals surface area contributed by atoms with Crippen molar-refractivity contribution in [2.24, 2.45) is 5.92 Å². The van der Waals surface area contributed by atoms with Crippen molar-refractivity contribution < 1.29 is 13.9 Å². The van der Waals surface area contributed by atoms with Crippen LogP contribution in [0.15, 0.2) is 53.1 Å². The molecule has 0 bridgehead atoms. The van der Waals surface area contributed by atoms with Crippen LogP contribution in [-0.2, 0) is 9.53 Å². The molecule has 1 amide bonds. The monoisotopic (exact) mass is 340 g/mol. The van der Waals surface area contributed by atoms with E-state index in [0.717, 1.165) is 50.6 Å². The fourth-order valence-electron chi connectivity index (χ4n) is 3.54. The summed E-state index contributed by atoms with van der Waals surface area (Å²) in [5.41, 5.74) is 1.15. The molecule has 2 aliphatic rings. The highest BCUT2D eigenvalue weighted by Gasteiger charge is 2.46. The zero-order chi connectivity index (χ0) is 17.1. The molecule has 1 N–H and O–H groups in total. The number of ether oxygens (including phenoxy) is 1. The number of hydrogen-bond acceptors (Lipinski definition) is 4. The van der Waals surface area contributed by atoms with Crippen LogP contribution < -0.4 is 5.32 Å². The SMILES string of the molecule is O=C(NC(CN1CCOCC1)c1ccccc1)C1CC1c1ccco1. The number of carbonyl (C=O) groups excluding carboxylic acids is 1. The number of hydrogen-bond donors (Lipinski definition) is 1. The van der Waals surface area contributed by atoms with Crippen molar-refractivity contribution in [3.8, 4) is 0 Å². The van der Waals surface area contributed by atoms with Gasteiger partial charge < -0.3 is 14.5 Å². The Morgan fingerprint density at radius 1 is 1.16 bits per heavy atom. The quantitative estimate of drug-likeness (QED) is 0.878. The first kappa shape index (κ1) is 16.4. The molecule has 0 radical (unpaired) electrons. The van der Waals surface area contributed by atoms with Crippen LogP contribution in [0.2, 0.25) is 0 Å².